The fourth-order valence-corrected chi connectivity index (χ4v) is 5.42. The fraction of sp³-hybridized carbons (Fsp3) is 0.400. The van der Waals surface area contributed by atoms with Gasteiger partial charge in [0.15, 0.2) is 9.84 Å². The summed E-state index contributed by atoms with van der Waals surface area (Å²) in [6, 6.07) is 2.65. The first-order valence-corrected chi connectivity index (χ1v) is 11.2. The van der Waals surface area contributed by atoms with Crippen LogP contribution in [0.4, 0.5) is 30.7 Å². The van der Waals surface area contributed by atoms with Crippen LogP contribution >= 0.6 is 0 Å². The van der Waals surface area contributed by atoms with Crippen molar-refractivity contribution in [2.24, 2.45) is 0 Å². The summed E-state index contributed by atoms with van der Waals surface area (Å²) in [7, 11) is -4.20. The molecule has 1 amide bonds. The summed E-state index contributed by atoms with van der Waals surface area (Å²) in [5.74, 6) is -2.37. The molecule has 1 aromatic carbocycles. The van der Waals surface area contributed by atoms with Crippen LogP contribution in [-0.2, 0) is 22.2 Å². The van der Waals surface area contributed by atoms with Gasteiger partial charge in [-0.1, -0.05) is 0 Å². The second-order valence-electron chi connectivity index (χ2n) is 7.56. The van der Waals surface area contributed by atoms with Gasteiger partial charge < -0.3 is 5.32 Å². The third-order valence-electron chi connectivity index (χ3n) is 5.33. The van der Waals surface area contributed by atoms with E-state index in [1.54, 1.807) is 0 Å². The summed E-state index contributed by atoms with van der Waals surface area (Å²) in [6.45, 7) is 0. The topological polar surface area (TPSA) is 76.1 Å². The predicted octanol–water partition coefficient (Wildman–Crippen LogP) is 4.77. The summed E-state index contributed by atoms with van der Waals surface area (Å²) in [5.41, 5.74) is -3.18. The van der Waals surface area contributed by atoms with Gasteiger partial charge in [0, 0.05) is 17.8 Å². The number of halogens is 7. The van der Waals surface area contributed by atoms with E-state index in [4.69, 9.17) is 0 Å². The van der Waals surface area contributed by atoms with Gasteiger partial charge in [-0.15, -0.1) is 0 Å². The molecule has 0 radical (unpaired) electrons. The van der Waals surface area contributed by atoms with E-state index < -0.39 is 61.4 Å². The minimum Gasteiger partial charge on any atom is -0.349 e. The Morgan fingerprint density at radius 1 is 0.939 bits per heavy atom. The molecule has 0 atom stereocenters. The number of amides is 1. The van der Waals surface area contributed by atoms with Crippen molar-refractivity contribution in [3.05, 3.63) is 59.2 Å². The lowest BCUT2D eigenvalue weighted by atomic mass is 9.94. The highest BCUT2D eigenvalue weighted by molar-refractivity contribution is 7.92. The van der Waals surface area contributed by atoms with Crippen molar-refractivity contribution in [2.45, 2.75) is 54.2 Å². The van der Waals surface area contributed by atoms with E-state index in [-0.39, 0.29) is 37.3 Å². The second kappa shape index (κ2) is 8.92. The second-order valence-corrected chi connectivity index (χ2v) is 9.79. The molecule has 0 unspecified atom stereocenters. The molecule has 13 heteroatoms. The highest BCUT2D eigenvalue weighted by atomic mass is 32.2. The number of sulfone groups is 1. The van der Waals surface area contributed by atoms with Crippen LogP contribution in [0.1, 0.15) is 47.3 Å². The minimum absolute atomic E-state index is 0.00382. The molecular formula is C20H17F7N2O3S. The number of alkyl halides is 6. The van der Waals surface area contributed by atoms with Gasteiger partial charge in [-0.2, -0.15) is 26.3 Å². The predicted molar refractivity (Wildman–Crippen MR) is 101 cm³/mol. The van der Waals surface area contributed by atoms with E-state index in [1.807, 2.05) is 0 Å². The number of rotatable bonds is 4. The Morgan fingerprint density at radius 3 is 2.15 bits per heavy atom. The number of pyridine rings is 1. The number of hydrogen-bond acceptors (Lipinski definition) is 4. The summed E-state index contributed by atoms with van der Waals surface area (Å²) in [5, 5.41) is 1.49. The third kappa shape index (κ3) is 5.63. The number of hydrogen-bond donors (Lipinski definition) is 1. The standard InChI is InChI=1S/C20H17F7N2O3S/c21-16-6-5-14(10-15(16)19(22,23)24)33(31,32)13-3-1-12(2-4-13)29-18(30)11-7-8-28-17(9-11)20(25,26)27/h5-10,12-13H,1-4H2,(H,29,30). The van der Waals surface area contributed by atoms with Crippen LogP contribution in [0, 0.1) is 5.82 Å². The molecule has 180 valence electrons. The Bertz CT molecular complexity index is 1140. The average Bonchev–Trinajstić information content (AvgIpc) is 2.73. The first-order valence-electron chi connectivity index (χ1n) is 9.64. The molecule has 33 heavy (non-hydrogen) atoms. The zero-order valence-corrected chi connectivity index (χ0v) is 17.5. The van der Waals surface area contributed by atoms with Crippen molar-refractivity contribution < 1.29 is 43.9 Å². The van der Waals surface area contributed by atoms with Crippen LogP contribution in [0.5, 0.6) is 0 Å². The van der Waals surface area contributed by atoms with Gasteiger partial charge in [0.2, 0.25) is 0 Å². The van der Waals surface area contributed by atoms with Crippen molar-refractivity contribution in [2.75, 3.05) is 0 Å². The number of carbonyl (C=O) groups is 1. The zero-order chi connectivity index (χ0) is 24.6. The first kappa shape index (κ1) is 24.9. The Kier molecular flexibility index (Phi) is 6.74. The number of benzene rings is 1. The molecule has 1 fully saturated rings. The van der Waals surface area contributed by atoms with Crippen LogP contribution in [0.15, 0.2) is 41.4 Å². The summed E-state index contributed by atoms with van der Waals surface area (Å²) in [4.78, 5) is 14.8. The van der Waals surface area contributed by atoms with Crippen LogP contribution in [0.25, 0.3) is 0 Å². The lowest BCUT2D eigenvalue weighted by molar-refractivity contribution is -0.141. The Labute approximate surface area is 183 Å². The maximum atomic E-state index is 13.5. The van der Waals surface area contributed by atoms with E-state index in [0.717, 1.165) is 18.3 Å². The number of nitrogens with one attached hydrogen (secondary N) is 1. The first-order chi connectivity index (χ1) is 15.2. The van der Waals surface area contributed by atoms with Gasteiger partial charge >= 0.3 is 12.4 Å². The number of carbonyl (C=O) groups excluding carboxylic acids is 1. The monoisotopic (exact) mass is 498 g/mol. The van der Waals surface area contributed by atoms with E-state index in [2.05, 4.69) is 10.3 Å². The quantitative estimate of drug-likeness (QED) is 0.487. The molecule has 1 aliphatic carbocycles. The molecule has 2 aromatic rings. The van der Waals surface area contributed by atoms with E-state index >= 15 is 0 Å². The van der Waals surface area contributed by atoms with E-state index in [1.165, 1.54) is 0 Å². The van der Waals surface area contributed by atoms with Gasteiger partial charge in [-0.05, 0) is 56.0 Å². The lowest BCUT2D eigenvalue weighted by Crippen LogP contribution is -2.40. The van der Waals surface area contributed by atoms with Gasteiger partial charge in [0.25, 0.3) is 5.91 Å². The van der Waals surface area contributed by atoms with Gasteiger partial charge in [-0.3, -0.25) is 9.78 Å². The molecule has 1 aromatic heterocycles. The molecule has 0 saturated heterocycles. The Balaban J connectivity index is 1.67. The van der Waals surface area contributed by atoms with Crippen molar-refractivity contribution >= 4 is 15.7 Å². The smallest absolute Gasteiger partial charge is 0.349 e. The SMILES string of the molecule is O=C(NC1CCC(S(=O)(=O)c2ccc(F)c(C(F)(F)F)c2)CC1)c1ccnc(C(F)(F)F)c1. The summed E-state index contributed by atoms with van der Waals surface area (Å²) < 4.78 is 116. The van der Waals surface area contributed by atoms with Crippen molar-refractivity contribution in [1.29, 1.82) is 0 Å². The number of nitrogens with zero attached hydrogens (tertiary/aromatic N) is 1. The van der Waals surface area contributed by atoms with Crippen LogP contribution in [0.2, 0.25) is 0 Å². The molecule has 3 rings (SSSR count). The lowest BCUT2D eigenvalue weighted by Gasteiger charge is -2.29. The normalized spacial score (nSPS) is 19.8. The fourth-order valence-electron chi connectivity index (χ4n) is 3.60. The maximum absolute atomic E-state index is 13.5. The van der Waals surface area contributed by atoms with Crippen molar-refractivity contribution in [1.82, 2.24) is 10.3 Å². The van der Waals surface area contributed by atoms with Gasteiger partial charge in [0.1, 0.15) is 11.5 Å². The Morgan fingerprint density at radius 2 is 1.58 bits per heavy atom. The van der Waals surface area contributed by atoms with Crippen LogP contribution in [-0.4, -0.2) is 30.6 Å². The zero-order valence-electron chi connectivity index (χ0n) is 16.7. The average molecular weight is 498 g/mol. The highest BCUT2D eigenvalue weighted by Crippen LogP contribution is 2.35. The van der Waals surface area contributed by atoms with Crippen molar-refractivity contribution in [3.63, 3.8) is 0 Å². The molecule has 0 aliphatic heterocycles. The highest BCUT2D eigenvalue weighted by Gasteiger charge is 2.38. The van der Waals surface area contributed by atoms with Crippen LogP contribution in [0.3, 0.4) is 0 Å². The molecule has 1 saturated carbocycles. The number of aromatic nitrogens is 1. The van der Waals surface area contributed by atoms with Crippen molar-refractivity contribution in [3.8, 4) is 0 Å². The molecular weight excluding hydrogens is 481 g/mol. The maximum Gasteiger partial charge on any atom is 0.433 e. The summed E-state index contributed by atoms with van der Waals surface area (Å²) >= 11 is 0. The van der Waals surface area contributed by atoms with E-state index in [0.29, 0.717) is 12.1 Å². The molecule has 1 heterocycles. The molecule has 1 N–H and O–H groups in total. The minimum atomic E-state index is -5.06. The summed E-state index contributed by atoms with van der Waals surface area (Å²) in [6.07, 6.45) is -8.67. The third-order valence-corrected chi connectivity index (χ3v) is 7.59. The molecule has 0 spiro atoms. The molecule has 1 aliphatic rings. The van der Waals surface area contributed by atoms with Gasteiger partial charge in [0.05, 0.1) is 15.7 Å². The van der Waals surface area contributed by atoms with E-state index in [9.17, 15) is 43.9 Å². The van der Waals surface area contributed by atoms with Crippen LogP contribution < -0.4 is 5.32 Å². The van der Waals surface area contributed by atoms with Gasteiger partial charge in [-0.25, -0.2) is 12.8 Å². The Hall–Kier alpha value is -2.70. The molecule has 0 bridgehead atoms. The molecule has 5 nitrogen and oxygen atoms in total. The largest absolute Gasteiger partial charge is 0.433 e.